The molecule has 0 heterocycles. The Balaban J connectivity index is 1.67. The van der Waals surface area contributed by atoms with Gasteiger partial charge in [0.2, 0.25) is 0 Å². The van der Waals surface area contributed by atoms with Crippen LogP contribution >= 0.6 is 0 Å². The molecule has 0 aromatic heterocycles. The van der Waals surface area contributed by atoms with Gasteiger partial charge in [-0.05, 0) is 48.1 Å². The number of hydrogen-bond acceptors (Lipinski definition) is 2. The third kappa shape index (κ3) is 2.13. The summed E-state index contributed by atoms with van der Waals surface area (Å²) >= 11 is 0. The molecule has 1 aromatic carbocycles. The standard InChI is InChI=1S/C18H23FO2/c1-17(2)12-8-9-18(17,3)16(10-12)21-11-15(20)13-6-4-5-7-14(13)19/h4-7,12,16H,8-11H2,1-3H3. The van der Waals surface area contributed by atoms with Crippen LogP contribution in [-0.2, 0) is 4.74 Å². The highest BCUT2D eigenvalue weighted by molar-refractivity contribution is 5.97. The van der Waals surface area contributed by atoms with Crippen molar-refractivity contribution in [2.24, 2.45) is 16.7 Å². The summed E-state index contributed by atoms with van der Waals surface area (Å²) in [5.41, 5.74) is 0.524. The number of fused-ring (bicyclic) bond motifs is 2. The van der Waals surface area contributed by atoms with E-state index in [1.54, 1.807) is 12.1 Å². The van der Waals surface area contributed by atoms with Gasteiger partial charge in [0, 0.05) is 0 Å². The topological polar surface area (TPSA) is 26.3 Å². The SMILES string of the molecule is CC1(C)C2CCC1(C)C(OCC(=O)c1ccccc1F)C2. The van der Waals surface area contributed by atoms with Crippen LogP contribution in [0.2, 0.25) is 0 Å². The van der Waals surface area contributed by atoms with Gasteiger partial charge in [0.1, 0.15) is 12.4 Å². The lowest BCUT2D eigenvalue weighted by atomic mass is 9.70. The largest absolute Gasteiger partial charge is 0.369 e. The average molecular weight is 290 g/mol. The van der Waals surface area contributed by atoms with Crippen molar-refractivity contribution in [1.82, 2.24) is 0 Å². The summed E-state index contributed by atoms with van der Waals surface area (Å²) in [5.74, 6) is -0.0565. The molecule has 3 atom stereocenters. The molecule has 2 aliphatic carbocycles. The fourth-order valence-electron chi connectivity index (χ4n) is 4.32. The summed E-state index contributed by atoms with van der Waals surface area (Å²) in [6, 6.07) is 6.10. The lowest BCUT2D eigenvalue weighted by Crippen LogP contribution is -2.38. The molecule has 3 unspecified atom stereocenters. The van der Waals surface area contributed by atoms with Gasteiger partial charge in [-0.15, -0.1) is 0 Å². The summed E-state index contributed by atoms with van der Waals surface area (Å²) in [6.07, 6.45) is 3.55. The molecule has 114 valence electrons. The molecule has 2 nitrogen and oxygen atoms in total. The second-order valence-corrected chi connectivity index (χ2v) is 7.31. The van der Waals surface area contributed by atoms with Crippen LogP contribution in [0, 0.1) is 22.6 Å². The highest BCUT2D eigenvalue weighted by Crippen LogP contribution is 2.66. The van der Waals surface area contributed by atoms with Crippen LogP contribution in [-0.4, -0.2) is 18.5 Å². The molecule has 3 heteroatoms. The average Bonchev–Trinajstić information content (AvgIpc) is 2.78. The lowest BCUT2D eigenvalue weighted by Gasteiger charge is -2.38. The third-order valence-electron chi connectivity index (χ3n) is 6.30. The van der Waals surface area contributed by atoms with Crippen LogP contribution < -0.4 is 0 Å². The second kappa shape index (κ2) is 4.91. The van der Waals surface area contributed by atoms with Gasteiger partial charge in [0.25, 0.3) is 0 Å². The van der Waals surface area contributed by atoms with Gasteiger partial charge in [-0.1, -0.05) is 32.9 Å². The highest BCUT2D eigenvalue weighted by atomic mass is 19.1. The monoisotopic (exact) mass is 290 g/mol. The Hall–Kier alpha value is -1.22. The first-order chi connectivity index (χ1) is 9.86. The molecule has 3 rings (SSSR count). The Morgan fingerprint density at radius 2 is 2.05 bits per heavy atom. The first-order valence-corrected chi connectivity index (χ1v) is 7.75. The molecule has 0 amide bonds. The molecule has 2 aliphatic rings. The van der Waals surface area contributed by atoms with Crippen LogP contribution in [0.5, 0.6) is 0 Å². The number of carbonyl (C=O) groups excluding carboxylic acids is 1. The van der Waals surface area contributed by atoms with Crippen LogP contribution in [0.25, 0.3) is 0 Å². The predicted molar refractivity (Wildman–Crippen MR) is 79.7 cm³/mol. The number of benzene rings is 1. The molecule has 2 fully saturated rings. The van der Waals surface area contributed by atoms with E-state index in [2.05, 4.69) is 20.8 Å². The van der Waals surface area contributed by atoms with Gasteiger partial charge in [-0.25, -0.2) is 4.39 Å². The van der Waals surface area contributed by atoms with Gasteiger partial charge < -0.3 is 4.74 Å². The van der Waals surface area contributed by atoms with Gasteiger partial charge in [0.15, 0.2) is 5.78 Å². The molecule has 0 radical (unpaired) electrons. The van der Waals surface area contributed by atoms with Gasteiger partial charge in [-0.2, -0.15) is 0 Å². The number of Topliss-reactive ketones (excluding diaryl/α,β-unsaturated/α-hetero) is 1. The summed E-state index contributed by atoms with van der Waals surface area (Å²) in [7, 11) is 0. The van der Waals surface area contributed by atoms with Crippen molar-refractivity contribution in [3.63, 3.8) is 0 Å². The Kier molecular flexibility index (Phi) is 3.44. The fourth-order valence-corrected chi connectivity index (χ4v) is 4.32. The Morgan fingerprint density at radius 3 is 2.62 bits per heavy atom. The number of ketones is 1. The number of halogens is 1. The molecule has 0 spiro atoms. The van der Waals surface area contributed by atoms with Crippen molar-refractivity contribution in [2.45, 2.75) is 46.1 Å². The van der Waals surface area contributed by atoms with Crippen LogP contribution in [0.1, 0.15) is 50.4 Å². The number of ether oxygens (including phenoxy) is 1. The fraction of sp³-hybridized carbons (Fsp3) is 0.611. The highest BCUT2D eigenvalue weighted by Gasteiger charge is 2.61. The van der Waals surface area contributed by atoms with Crippen molar-refractivity contribution in [3.05, 3.63) is 35.6 Å². The molecule has 21 heavy (non-hydrogen) atoms. The summed E-state index contributed by atoms with van der Waals surface area (Å²) in [4.78, 5) is 12.1. The zero-order valence-electron chi connectivity index (χ0n) is 13.0. The number of rotatable bonds is 4. The lowest BCUT2D eigenvalue weighted by molar-refractivity contribution is -0.0391. The molecule has 1 aromatic rings. The maximum absolute atomic E-state index is 13.6. The van der Waals surface area contributed by atoms with E-state index in [0.29, 0.717) is 5.92 Å². The van der Waals surface area contributed by atoms with E-state index < -0.39 is 5.82 Å². The van der Waals surface area contributed by atoms with Crippen molar-refractivity contribution in [3.8, 4) is 0 Å². The molecule has 0 aliphatic heterocycles. The molecule has 2 bridgehead atoms. The van der Waals surface area contributed by atoms with E-state index in [-0.39, 0.29) is 34.9 Å². The van der Waals surface area contributed by atoms with Crippen LogP contribution in [0.4, 0.5) is 4.39 Å². The van der Waals surface area contributed by atoms with E-state index in [0.717, 1.165) is 12.8 Å². The van der Waals surface area contributed by atoms with E-state index in [1.165, 1.54) is 18.6 Å². The molecule has 0 saturated heterocycles. The van der Waals surface area contributed by atoms with E-state index in [9.17, 15) is 9.18 Å². The minimum absolute atomic E-state index is 0.0238. The minimum Gasteiger partial charge on any atom is -0.369 e. The van der Waals surface area contributed by atoms with Crippen molar-refractivity contribution in [1.29, 1.82) is 0 Å². The summed E-state index contributed by atoms with van der Waals surface area (Å²) in [6.45, 7) is 6.88. The zero-order valence-corrected chi connectivity index (χ0v) is 13.0. The minimum atomic E-state index is -0.467. The third-order valence-corrected chi connectivity index (χ3v) is 6.30. The van der Waals surface area contributed by atoms with Gasteiger partial charge >= 0.3 is 0 Å². The van der Waals surface area contributed by atoms with E-state index in [1.807, 2.05) is 0 Å². The Bertz CT molecular complexity index is 566. The summed E-state index contributed by atoms with van der Waals surface area (Å²) in [5, 5.41) is 0. The summed E-state index contributed by atoms with van der Waals surface area (Å²) < 4.78 is 19.5. The number of carbonyl (C=O) groups is 1. The normalized spacial score (nSPS) is 33.3. The van der Waals surface area contributed by atoms with E-state index in [4.69, 9.17) is 4.74 Å². The first kappa shape index (κ1) is 14.7. The first-order valence-electron chi connectivity index (χ1n) is 7.75. The van der Waals surface area contributed by atoms with Crippen molar-refractivity contribution >= 4 is 5.78 Å². The van der Waals surface area contributed by atoms with Crippen molar-refractivity contribution < 1.29 is 13.9 Å². The Morgan fingerprint density at radius 1 is 1.33 bits per heavy atom. The molecule has 2 saturated carbocycles. The Labute approximate surface area is 125 Å². The number of hydrogen-bond donors (Lipinski definition) is 0. The van der Waals surface area contributed by atoms with Crippen LogP contribution in [0.3, 0.4) is 0 Å². The molecular formula is C18H23FO2. The van der Waals surface area contributed by atoms with Gasteiger partial charge in [0.05, 0.1) is 11.7 Å². The quantitative estimate of drug-likeness (QED) is 0.775. The van der Waals surface area contributed by atoms with Crippen LogP contribution in [0.15, 0.2) is 24.3 Å². The smallest absolute Gasteiger partial charge is 0.191 e. The zero-order chi connectivity index (χ0) is 15.3. The maximum atomic E-state index is 13.6. The van der Waals surface area contributed by atoms with Crippen molar-refractivity contribution in [2.75, 3.05) is 6.61 Å². The van der Waals surface area contributed by atoms with E-state index >= 15 is 0 Å². The molecular weight excluding hydrogens is 267 g/mol. The predicted octanol–water partition coefficient (Wildman–Crippen LogP) is 4.24. The maximum Gasteiger partial charge on any atom is 0.191 e. The van der Waals surface area contributed by atoms with Gasteiger partial charge in [-0.3, -0.25) is 4.79 Å². The molecule has 0 N–H and O–H groups in total. The second-order valence-electron chi connectivity index (χ2n) is 7.31.